The van der Waals surface area contributed by atoms with E-state index in [0.29, 0.717) is 33.9 Å². The van der Waals surface area contributed by atoms with Crippen LogP contribution < -0.4 is 14.8 Å². The number of anilines is 1. The lowest BCUT2D eigenvalue weighted by molar-refractivity contribution is 0.101. The van der Waals surface area contributed by atoms with E-state index in [1.807, 2.05) is 60.0 Å². The molecule has 2 aromatic carbocycles. The van der Waals surface area contributed by atoms with Crippen molar-refractivity contribution < 1.29 is 14.3 Å². The lowest BCUT2D eigenvalue weighted by Gasteiger charge is -2.08. The predicted molar refractivity (Wildman–Crippen MR) is 124 cm³/mol. The Morgan fingerprint density at radius 2 is 1.91 bits per heavy atom. The molecule has 4 aromatic rings. The highest BCUT2D eigenvalue weighted by Crippen LogP contribution is 2.40. The van der Waals surface area contributed by atoms with E-state index in [0.717, 1.165) is 29.8 Å². The zero-order valence-electron chi connectivity index (χ0n) is 17.7. The van der Waals surface area contributed by atoms with Crippen molar-refractivity contribution >= 4 is 22.4 Å². The van der Waals surface area contributed by atoms with Crippen LogP contribution in [0.1, 0.15) is 34.9 Å². The minimum atomic E-state index is -0.244. The fourth-order valence-electron chi connectivity index (χ4n) is 3.54. The Hall–Kier alpha value is -3.65. The highest BCUT2D eigenvalue weighted by molar-refractivity contribution is 7.14. The van der Waals surface area contributed by atoms with Crippen molar-refractivity contribution in [3.63, 3.8) is 0 Å². The van der Waals surface area contributed by atoms with Gasteiger partial charge in [0.25, 0.3) is 5.91 Å². The quantitative estimate of drug-likeness (QED) is 0.425. The molecule has 1 fully saturated rings. The second-order valence-corrected chi connectivity index (χ2v) is 8.39. The molecule has 1 amide bonds. The van der Waals surface area contributed by atoms with E-state index in [4.69, 9.17) is 14.6 Å². The fraction of sp³-hybridized carbons (Fsp3) is 0.208. The number of hydrogen-bond donors (Lipinski definition) is 1. The molecule has 1 aliphatic rings. The van der Waals surface area contributed by atoms with Crippen LogP contribution in [0.15, 0.2) is 60.0 Å². The van der Waals surface area contributed by atoms with Crippen LogP contribution >= 0.6 is 11.3 Å². The average molecular weight is 447 g/mol. The lowest BCUT2D eigenvalue weighted by Crippen LogP contribution is -2.16. The maximum absolute atomic E-state index is 13.2. The number of para-hydroxylation sites is 1. The summed E-state index contributed by atoms with van der Waals surface area (Å²) in [7, 11) is 3.23. The predicted octanol–water partition coefficient (Wildman–Crippen LogP) is 5.14. The number of nitrogens with one attached hydrogen (secondary N) is 1. The number of carbonyl (C=O) groups is 1. The van der Waals surface area contributed by atoms with Crippen LogP contribution in [0, 0.1) is 0 Å². The SMILES string of the molecule is COc1ccc(OC)c(-c2csc(NC(=O)c3cc(C4CC4)nn3-c3ccccc3)n2)c1. The second kappa shape index (κ2) is 8.47. The third-order valence-corrected chi connectivity index (χ3v) is 6.12. The first kappa shape index (κ1) is 20.3. The summed E-state index contributed by atoms with van der Waals surface area (Å²) in [6.45, 7) is 0. The molecule has 1 aliphatic carbocycles. The standard InChI is InChI=1S/C24H22N4O3S/c1-30-17-10-11-22(31-2)18(12-17)20-14-32-24(25-20)26-23(29)21-13-19(15-8-9-15)27-28(21)16-6-4-3-5-7-16/h3-7,10-15H,8-9H2,1-2H3,(H,25,26,29). The summed E-state index contributed by atoms with van der Waals surface area (Å²) in [5.74, 6) is 1.59. The van der Waals surface area contributed by atoms with Gasteiger partial charge in [-0.15, -0.1) is 11.3 Å². The van der Waals surface area contributed by atoms with Crippen molar-refractivity contribution in [1.29, 1.82) is 0 Å². The smallest absolute Gasteiger partial charge is 0.276 e. The Balaban J connectivity index is 1.43. The molecular weight excluding hydrogens is 424 g/mol. The van der Waals surface area contributed by atoms with Gasteiger partial charge in [0.2, 0.25) is 0 Å². The summed E-state index contributed by atoms with van der Waals surface area (Å²) in [6.07, 6.45) is 2.23. The van der Waals surface area contributed by atoms with Crippen LogP contribution in [0.5, 0.6) is 11.5 Å². The van der Waals surface area contributed by atoms with Gasteiger partial charge in [-0.1, -0.05) is 18.2 Å². The second-order valence-electron chi connectivity index (χ2n) is 7.53. The van der Waals surface area contributed by atoms with E-state index in [1.165, 1.54) is 11.3 Å². The van der Waals surface area contributed by atoms with Crippen molar-refractivity contribution in [3.05, 3.63) is 71.4 Å². The van der Waals surface area contributed by atoms with E-state index < -0.39 is 0 Å². The summed E-state index contributed by atoms with van der Waals surface area (Å²) < 4.78 is 12.5. The number of benzene rings is 2. The summed E-state index contributed by atoms with van der Waals surface area (Å²) >= 11 is 1.36. The summed E-state index contributed by atoms with van der Waals surface area (Å²) in [6, 6.07) is 17.1. The molecule has 8 heteroatoms. The van der Waals surface area contributed by atoms with Crippen LogP contribution in [0.25, 0.3) is 16.9 Å². The first-order valence-corrected chi connectivity index (χ1v) is 11.2. The first-order valence-electron chi connectivity index (χ1n) is 10.3. The Morgan fingerprint density at radius 1 is 1.09 bits per heavy atom. The van der Waals surface area contributed by atoms with E-state index >= 15 is 0 Å². The molecule has 7 nitrogen and oxygen atoms in total. The Morgan fingerprint density at radius 3 is 2.62 bits per heavy atom. The van der Waals surface area contributed by atoms with Crippen molar-refractivity contribution in [2.24, 2.45) is 0 Å². The maximum Gasteiger partial charge on any atom is 0.276 e. The zero-order valence-corrected chi connectivity index (χ0v) is 18.6. The number of carbonyl (C=O) groups excluding carboxylic acids is 1. The van der Waals surface area contributed by atoms with Gasteiger partial charge in [0.05, 0.1) is 31.3 Å². The number of hydrogen-bond acceptors (Lipinski definition) is 6. The van der Waals surface area contributed by atoms with Crippen molar-refractivity contribution in [3.8, 4) is 28.4 Å². The minimum Gasteiger partial charge on any atom is -0.497 e. The normalized spacial score (nSPS) is 13.1. The topological polar surface area (TPSA) is 78.3 Å². The molecule has 0 spiro atoms. The summed E-state index contributed by atoms with van der Waals surface area (Å²) in [5, 5.41) is 10.0. The van der Waals surface area contributed by atoms with Crippen molar-refractivity contribution in [2.45, 2.75) is 18.8 Å². The van der Waals surface area contributed by atoms with E-state index in [2.05, 4.69) is 10.3 Å². The molecule has 0 saturated heterocycles. The van der Waals surface area contributed by atoms with Crippen LogP contribution in [-0.2, 0) is 0 Å². The molecule has 162 valence electrons. The van der Waals surface area contributed by atoms with E-state index in [-0.39, 0.29) is 5.91 Å². The van der Waals surface area contributed by atoms with Gasteiger partial charge in [-0.05, 0) is 49.2 Å². The van der Waals surface area contributed by atoms with Crippen LogP contribution in [0.4, 0.5) is 5.13 Å². The largest absolute Gasteiger partial charge is 0.497 e. The number of ether oxygens (including phenoxy) is 2. The van der Waals surface area contributed by atoms with Gasteiger partial charge < -0.3 is 9.47 Å². The zero-order chi connectivity index (χ0) is 22.1. The monoisotopic (exact) mass is 446 g/mol. The molecule has 2 heterocycles. The van der Waals surface area contributed by atoms with Gasteiger partial charge in [0.1, 0.15) is 17.2 Å². The maximum atomic E-state index is 13.2. The van der Waals surface area contributed by atoms with Crippen molar-refractivity contribution in [1.82, 2.24) is 14.8 Å². The molecule has 1 N–H and O–H groups in total. The fourth-order valence-corrected chi connectivity index (χ4v) is 4.24. The Bertz CT molecular complexity index is 1260. The van der Waals surface area contributed by atoms with Gasteiger partial charge in [0.15, 0.2) is 5.13 Å². The van der Waals surface area contributed by atoms with Crippen LogP contribution in [-0.4, -0.2) is 34.9 Å². The van der Waals surface area contributed by atoms with E-state index in [9.17, 15) is 4.79 Å². The first-order chi connectivity index (χ1) is 15.7. The third kappa shape index (κ3) is 3.97. The molecule has 0 atom stereocenters. The van der Waals surface area contributed by atoms with Crippen LogP contribution in [0.3, 0.4) is 0 Å². The number of amides is 1. The number of methoxy groups -OCH3 is 2. The Labute approximate surface area is 189 Å². The molecule has 0 radical (unpaired) electrons. The van der Waals surface area contributed by atoms with Gasteiger partial charge in [-0.3, -0.25) is 10.1 Å². The highest BCUT2D eigenvalue weighted by Gasteiger charge is 2.29. The Kier molecular flexibility index (Phi) is 5.36. The van der Waals surface area contributed by atoms with Crippen LogP contribution in [0.2, 0.25) is 0 Å². The number of nitrogens with zero attached hydrogens (tertiary/aromatic N) is 3. The van der Waals surface area contributed by atoms with E-state index in [1.54, 1.807) is 18.9 Å². The summed E-state index contributed by atoms with van der Waals surface area (Å²) in [5.41, 5.74) is 3.81. The number of rotatable bonds is 7. The molecule has 32 heavy (non-hydrogen) atoms. The molecular formula is C24H22N4O3S. The molecule has 5 rings (SSSR count). The van der Waals surface area contributed by atoms with Crippen molar-refractivity contribution in [2.75, 3.05) is 19.5 Å². The van der Waals surface area contributed by atoms with Gasteiger partial charge >= 0.3 is 0 Å². The molecule has 1 saturated carbocycles. The molecule has 2 aromatic heterocycles. The number of aromatic nitrogens is 3. The average Bonchev–Trinajstić information content (AvgIpc) is 3.41. The third-order valence-electron chi connectivity index (χ3n) is 5.36. The summed E-state index contributed by atoms with van der Waals surface area (Å²) in [4.78, 5) is 17.8. The van der Waals surface area contributed by atoms with Gasteiger partial charge in [-0.2, -0.15) is 5.10 Å². The highest BCUT2D eigenvalue weighted by atomic mass is 32.1. The lowest BCUT2D eigenvalue weighted by atomic mass is 10.1. The molecule has 0 bridgehead atoms. The molecule has 0 unspecified atom stereocenters. The van der Waals surface area contributed by atoms with Gasteiger partial charge in [0, 0.05) is 16.9 Å². The van der Waals surface area contributed by atoms with Gasteiger partial charge in [-0.25, -0.2) is 9.67 Å². The number of thiazole rings is 1. The minimum absolute atomic E-state index is 0.244. The molecule has 0 aliphatic heterocycles.